The lowest BCUT2D eigenvalue weighted by Crippen LogP contribution is -1.80. The zero-order valence-corrected chi connectivity index (χ0v) is 9.62. The van der Waals surface area contributed by atoms with Gasteiger partial charge in [0.25, 0.3) is 0 Å². The summed E-state index contributed by atoms with van der Waals surface area (Å²) in [6.45, 7) is 3.98. The van der Waals surface area contributed by atoms with Crippen LogP contribution >= 0.6 is 27.5 Å². The Labute approximate surface area is 89.4 Å². The fourth-order valence-corrected chi connectivity index (χ4v) is 2.29. The maximum Gasteiger partial charge on any atom is 0.0979 e. The van der Waals surface area contributed by atoms with E-state index in [4.69, 9.17) is 11.6 Å². The van der Waals surface area contributed by atoms with Crippen molar-refractivity contribution in [3.8, 4) is 0 Å². The second-order valence-electron chi connectivity index (χ2n) is 3.04. The third-order valence-corrected chi connectivity index (χ3v) is 3.27. The van der Waals surface area contributed by atoms with E-state index in [1.54, 1.807) is 0 Å². The molecule has 1 aromatic carbocycles. The summed E-state index contributed by atoms with van der Waals surface area (Å²) in [6.07, 6.45) is 0. The summed E-state index contributed by atoms with van der Waals surface area (Å²) in [7, 11) is 0. The minimum absolute atomic E-state index is 0.735. The average molecular weight is 260 g/mol. The van der Waals surface area contributed by atoms with Gasteiger partial charge in [0, 0.05) is 15.6 Å². The number of hydrogen-bond acceptors (Lipinski definition) is 1. The van der Waals surface area contributed by atoms with Crippen molar-refractivity contribution in [2.45, 2.75) is 13.8 Å². The molecule has 0 fully saturated rings. The van der Waals surface area contributed by atoms with Gasteiger partial charge in [0.05, 0.1) is 10.5 Å². The molecule has 0 saturated heterocycles. The largest absolute Gasteiger partial charge is 0.282 e. The van der Waals surface area contributed by atoms with Crippen LogP contribution in [0, 0.1) is 13.8 Å². The van der Waals surface area contributed by atoms with Gasteiger partial charge in [0.1, 0.15) is 0 Å². The number of rotatable bonds is 0. The van der Waals surface area contributed by atoms with Crippen LogP contribution in [0.3, 0.4) is 0 Å². The quantitative estimate of drug-likeness (QED) is 0.769. The number of nitrogens with one attached hydrogen (secondary N) is 1. The smallest absolute Gasteiger partial charge is 0.0979 e. The molecule has 0 aliphatic heterocycles. The second-order valence-corrected chi connectivity index (χ2v) is 4.30. The first-order chi connectivity index (χ1) is 6.11. The van der Waals surface area contributed by atoms with Crippen molar-refractivity contribution in [1.82, 2.24) is 10.2 Å². The third kappa shape index (κ3) is 1.27. The first-order valence-corrected chi connectivity index (χ1v) is 5.07. The summed E-state index contributed by atoms with van der Waals surface area (Å²) in [5.74, 6) is 0. The molecule has 2 rings (SSSR count). The van der Waals surface area contributed by atoms with Gasteiger partial charge >= 0.3 is 0 Å². The fourth-order valence-electron chi connectivity index (χ4n) is 1.40. The zero-order chi connectivity index (χ0) is 9.59. The van der Waals surface area contributed by atoms with Crippen LogP contribution in [0.1, 0.15) is 11.3 Å². The number of benzene rings is 1. The molecule has 2 aromatic rings. The lowest BCUT2D eigenvalue weighted by atomic mass is 10.1. The molecular weight excluding hydrogens is 251 g/mol. The van der Waals surface area contributed by atoms with Gasteiger partial charge in [-0.15, -0.1) is 0 Å². The van der Waals surface area contributed by atoms with Gasteiger partial charge in [-0.3, -0.25) is 5.10 Å². The summed E-state index contributed by atoms with van der Waals surface area (Å²) in [5, 5.41) is 8.88. The Hall–Kier alpha value is -0.540. The summed E-state index contributed by atoms with van der Waals surface area (Å²) < 4.78 is 0.997. The van der Waals surface area contributed by atoms with Crippen molar-refractivity contribution in [1.29, 1.82) is 0 Å². The zero-order valence-electron chi connectivity index (χ0n) is 7.28. The van der Waals surface area contributed by atoms with E-state index in [0.717, 1.165) is 31.7 Å². The number of nitrogens with zero attached hydrogens (tertiary/aromatic N) is 1. The van der Waals surface area contributed by atoms with Crippen LogP contribution in [0.5, 0.6) is 0 Å². The molecule has 0 spiro atoms. The second kappa shape index (κ2) is 3.00. The molecule has 1 heterocycles. The maximum atomic E-state index is 6.09. The molecule has 1 N–H and O–H groups in total. The van der Waals surface area contributed by atoms with Crippen LogP contribution in [0.2, 0.25) is 5.02 Å². The van der Waals surface area contributed by atoms with E-state index in [1.807, 2.05) is 19.9 Å². The van der Waals surface area contributed by atoms with Gasteiger partial charge in [-0.2, -0.15) is 5.10 Å². The Kier molecular flexibility index (Phi) is 2.08. The van der Waals surface area contributed by atoms with Crippen LogP contribution in [0.15, 0.2) is 10.5 Å². The minimum Gasteiger partial charge on any atom is -0.282 e. The average Bonchev–Trinajstić information content (AvgIpc) is 2.44. The van der Waals surface area contributed by atoms with E-state index in [2.05, 4.69) is 26.1 Å². The number of aryl methyl sites for hydroxylation is 2. The molecule has 68 valence electrons. The molecule has 0 atom stereocenters. The number of fused-ring (bicyclic) bond motifs is 1. The predicted molar refractivity (Wildman–Crippen MR) is 58.3 cm³/mol. The molecule has 0 aliphatic carbocycles. The van der Waals surface area contributed by atoms with Crippen LogP contribution < -0.4 is 0 Å². The van der Waals surface area contributed by atoms with Crippen molar-refractivity contribution in [3.63, 3.8) is 0 Å². The molecule has 0 saturated carbocycles. The molecule has 0 aliphatic rings. The van der Waals surface area contributed by atoms with E-state index < -0.39 is 0 Å². The molecule has 0 radical (unpaired) electrons. The summed E-state index contributed by atoms with van der Waals surface area (Å²) in [6, 6.07) is 1.90. The van der Waals surface area contributed by atoms with Crippen molar-refractivity contribution in [2.24, 2.45) is 0 Å². The van der Waals surface area contributed by atoms with E-state index in [1.165, 1.54) is 0 Å². The maximum absolute atomic E-state index is 6.09. The normalized spacial score (nSPS) is 11.1. The van der Waals surface area contributed by atoms with Crippen molar-refractivity contribution in [2.75, 3.05) is 0 Å². The molecule has 0 unspecified atom stereocenters. The Bertz CT molecular complexity index is 476. The highest BCUT2D eigenvalue weighted by Crippen LogP contribution is 2.32. The number of H-pyrrole nitrogens is 1. The Balaban J connectivity index is 2.99. The van der Waals surface area contributed by atoms with Gasteiger partial charge < -0.3 is 0 Å². The highest BCUT2D eigenvalue weighted by molar-refractivity contribution is 9.10. The van der Waals surface area contributed by atoms with E-state index in [-0.39, 0.29) is 0 Å². The SMILES string of the molecule is Cc1c(Br)cc(Cl)c2c(C)[nH]nc12. The van der Waals surface area contributed by atoms with Gasteiger partial charge in [0.2, 0.25) is 0 Å². The molecule has 2 nitrogen and oxygen atoms in total. The highest BCUT2D eigenvalue weighted by atomic mass is 79.9. The highest BCUT2D eigenvalue weighted by Gasteiger charge is 2.10. The molecule has 0 bridgehead atoms. The molecule has 0 amide bonds. The molecule has 1 aromatic heterocycles. The number of aromatic amines is 1. The minimum atomic E-state index is 0.735. The van der Waals surface area contributed by atoms with Crippen LogP contribution in [-0.2, 0) is 0 Å². The van der Waals surface area contributed by atoms with E-state index in [9.17, 15) is 0 Å². The topological polar surface area (TPSA) is 28.7 Å². The summed E-state index contributed by atoms with van der Waals surface area (Å²) >= 11 is 9.53. The van der Waals surface area contributed by atoms with Crippen molar-refractivity contribution in [3.05, 3.63) is 26.8 Å². The Morgan fingerprint density at radius 2 is 2.15 bits per heavy atom. The van der Waals surface area contributed by atoms with Gasteiger partial charge in [-0.1, -0.05) is 27.5 Å². The summed E-state index contributed by atoms with van der Waals surface area (Å²) in [5.41, 5.74) is 3.07. The number of halogens is 2. The monoisotopic (exact) mass is 258 g/mol. The third-order valence-electron chi connectivity index (χ3n) is 2.15. The Morgan fingerprint density at radius 1 is 1.46 bits per heavy atom. The van der Waals surface area contributed by atoms with Gasteiger partial charge in [0.15, 0.2) is 0 Å². The van der Waals surface area contributed by atoms with E-state index in [0.29, 0.717) is 0 Å². The van der Waals surface area contributed by atoms with Gasteiger partial charge in [-0.05, 0) is 25.5 Å². The summed E-state index contributed by atoms with van der Waals surface area (Å²) in [4.78, 5) is 0. The first kappa shape index (κ1) is 9.03. The lowest BCUT2D eigenvalue weighted by Gasteiger charge is -2.00. The van der Waals surface area contributed by atoms with Crippen LogP contribution in [0.25, 0.3) is 10.9 Å². The molecular formula is C9H8BrClN2. The number of aromatic nitrogens is 2. The first-order valence-electron chi connectivity index (χ1n) is 3.90. The fraction of sp³-hybridized carbons (Fsp3) is 0.222. The number of hydrogen-bond donors (Lipinski definition) is 1. The predicted octanol–water partition coefficient (Wildman–Crippen LogP) is 3.60. The van der Waals surface area contributed by atoms with Crippen molar-refractivity contribution < 1.29 is 0 Å². The molecule has 13 heavy (non-hydrogen) atoms. The molecule has 4 heteroatoms. The van der Waals surface area contributed by atoms with Gasteiger partial charge in [-0.25, -0.2) is 0 Å². The Morgan fingerprint density at radius 3 is 2.85 bits per heavy atom. The van der Waals surface area contributed by atoms with Crippen LogP contribution in [0.4, 0.5) is 0 Å². The van der Waals surface area contributed by atoms with Crippen molar-refractivity contribution >= 4 is 38.4 Å². The van der Waals surface area contributed by atoms with Crippen LogP contribution in [-0.4, -0.2) is 10.2 Å². The standard InChI is InChI=1S/C9H8BrClN2/c1-4-6(10)3-7(11)8-5(2)12-13-9(4)8/h3H,1-2H3,(H,12,13). The lowest BCUT2D eigenvalue weighted by molar-refractivity contribution is 1.06. The van der Waals surface area contributed by atoms with E-state index >= 15 is 0 Å².